The number of ether oxygens (including phenoxy) is 1. The van der Waals surface area contributed by atoms with Crippen LogP contribution in [0.1, 0.15) is 17.4 Å². The number of benzene rings is 1. The molecule has 1 aromatic carbocycles. The Kier molecular flexibility index (Phi) is 4.69. The first kappa shape index (κ1) is 15.9. The molecule has 1 N–H and O–H groups in total. The van der Waals surface area contributed by atoms with E-state index in [1.165, 1.54) is 18.6 Å². The van der Waals surface area contributed by atoms with Gasteiger partial charge in [0.15, 0.2) is 0 Å². The highest BCUT2D eigenvalue weighted by molar-refractivity contribution is 5.97. The molecule has 0 unspecified atom stereocenters. The van der Waals surface area contributed by atoms with Gasteiger partial charge in [0.1, 0.15) is 11.4 Å². The van der Waals surface area contributed by atoms with Crippen molar-refractivity contribution in [3.63, 3.8) is 0 Å². The zero-order valence-corrected chi connectivity index (χ0v) is 13.3. The summed E-state index contributed by atoms with van der Waals surface area (Å²) in [6.07, 6.45) is 4.42. The van der Waals surface area contributed by atoms with Crippen LogP contribution in [0.15, 0.2) is 42.9 Å². The quantitative estimate of drug-likeness (QED) is 0.902. The Labute approximate surface area is 139 Å². The fourth-order valence-corrected chi connectivity index (χ4v) is 2.43. The predicted octanol–water partition coefficient (Wildman–Crippen LogP) is 1.59. The average molecular weight is 326 g/mol. The molecule has 2 heterocycles. The van der Waals surface area contributed by atoms with Gasteiger partial charge in [-0.1, -0.05) is 0 Å². The van der Waals surface area contributed by atoms with Crippen LogP contribution in [0.2, 0.25) is 0 Å². The van der Waals surface area contributed by atoms with Gasteiger partial charge < -0.3 is 15.0 Å². The van der Waals surface area contributed by atoms with E-state index in [2.05, 4.69) is 15.3 Å². The monoisotopic (exact) mass is 326 g/mol. The summed E-state index contributed by atoms with van der Waals surface area (Å²) in [5.41, 5.74) is 1.00. The maximum absolute atomic E-state index is 12.2. The van der Waals surface area contributed by atoms with Crippen molar-refractivity contribution in [2.24, 2.45) is 5.92 Å². The van der Waals surface area contributed by atoms with Gasteiger partial charge in [-0.05, 0) is 31.2 Å². The summed E-state index contributed by atoms with van der Waals surface area (Å²) < 4.78 is 5.36. The van der Waals surface area contributed by atoms with E-state index in [-0.39, 0.29) is 17.7 Å². The second-order valence-corrected chi connectivity index (χ2v) is 5.44. The van der Waals surface area contributed by atoms with E-state index in [0.717, 1.165) is 5.75 Å². The predicted molar refractivity (Wildman–Crippen MR) is 87.7 cm³/mol. The number of nitrogens with one attached hydrogen (secondary N) is 1. The Hall–Kier alpha value is -2.96. The highest BCUT2D eigenvalue weighted by Crippen LogP contribution is 2.21. The number of hydrogen-bond donors (Lipinski definition) is 1. The van der Waals surface area contributed by atoms with Crippen molar-refractivity contribution in [1.29, 1.82) is 0 Å². The van der Waals surface area contributed by atoms with Crippen molar-refractivity contribution < 1.29 is 14.3 Å². The molecule has 2 aromatic rings. The van der Waals surface area contributed by atoms with Crippen molar-refractivity contribution in [2.75, 3.05) is 25.0 Å². The van der Waals surface area contributed by atoms with E-state index in [1.807, 2.05) is 19.1 Å². The number of carbonyl (C=O) groups excluding carboxylic acids is 2. The lowest BCUT2D eigenvalue weighted by Gasteiger charge is -2.37. The molecule has 0 atom stereocenters. The molecule has 7 heteroatoms. The SMILES string of the molecule is CCOc1ccc(NC(=O)C2CN(C(=O)c3cnccn3)C2)cc1. The standard InChI is InChI=1S/C17H18N4O3/c1-2-24-14-5-3-13(4-6-14)20-16(22)12-10-21(11-12)17(23)15-9-18-7-8-19-15/h3-9,12H,2,10-11H2,1H3,(H,20,22). The number of carbonyl (C=O) groups is 2. The lowest BCUT2D eigenvalue weighted by molar-refractivity contribution is -0.123. The van der Waals surface area contributed by atoms with Crippen LogP contribution in [0.5, 0.6) is 5.75 Å². The molecule has 1 aliphatic heterocycles. The Morgan fingerprint density at radius 3 is 2.62 bits per heavy atom. The van der Waals surface area contributed by atoms with Crippen molar-refractivity contribution >= 4 is 17.5 Å². The fraction of sp³-hybridized carbons (Fsp3) is 0.294. The largest absolute Gasteiger partial charge is 0.494 e. The van der Waals surface area contributed by atoms with Gasteiger partial charge in [-0.3, -0.25) is 14.6 Å². The molecule has 1 aliphatic rings. The Morgan fingerprint density at radius 1 is 1.25 bits per heavy atom. The molecule has 1 aromatic heterocycles. The number of aromatic nitrogens is 2. The number of amides is 2. The van der Waals surface area contributed by atoms with E-state index in [0.29, 0.717) is 31.1 Å². The van der Waals surface area contributed by atoms with Gasteiger partial charge in [-0.15, -0.1) is 0 Å². The topological polar surface area (TPSA) is 84.4 Å². The number of likely N-dealkylation sites (tertiary alicyclic amines) is 1. The van der Waals surface area contributed by atoms with E-state index >= 15 is 0 Å². The van der Waals surface area contributed by atoms with E-state index in [1.54, 1.807) is 17.0 Å². The van der Waals surface area contributed by atoms with Crippen LogP contribution >= 0.6 is 0 Å². The summed E-state index contributed by atoms with van der Waals surface area (Å²) in [6, 6.07) is 7.21. The number of anilines is 1. The van der Waals surface area contributed by atoms with Gasteiger partial charge in [0.25, 0.3) is 5.91 Å². The molecular weight excluding hydrogens is 308 g/mol. The third-order valence-corrected chi connectivity index (χ3v) is 3.75. The lowest BCUT2D eigenvalue weighted by atomic mass is 9.98. The molecule has 0 spiro atoms. The highest BCUT2D eigenvalue weighted by Gasteiger charge is 2.36. The molecule has 0 saturated carbocycles. The summed E-state index contributed by atoms with van der Waals surface area (Å²) in [4.78, 5) is 33.8. The average Bonchev–Trinajstić information content (AvgIpc) is 2.56. The zero-order valence-electron chi connectivity index (χ0n) is 13.3. The smallest absolute Gasteiger partial charge is 0.274 e. The third kappa shape index (κ3) is 3.51. The first-order valence-electron chi connectivity index (χ1n) is 7.76. The molecule has 2 amide bonds. The van der Waals surface area contributed by atoms with Gasteiger partial charge in [0.2, 0.25) is 5.91 Å². The number of rotatable bonds is 5. The van der Waals surface area contributed by atoms with Crippen molar-refractivity contribution in [3.8, 4) is 5.75 Å². The van der Waals surface area contributed by atoms with Gasteiger partial charge in [-0.2, -0.15) is 0 Å². The molecular formula is C17H18N4O3. The molecule has 0 radical (unpaired) electrons. The van der Waals surface area contributed by atoms with Crippen LogP contribution < -0.4 is 10.1 Å². The zero-order chi connectivity index (χ0) is 16.9. The molecule has 7 nitrogen and oxygen atoms in total. The molecule has 124 valence electrons. The van der Waals surface area contributed by atoms with Crippen LogP contribution in [0.25, 0.3) is 0 Å². The maximum atomic E-state index is 12.2. The summed E-state index contributed by atoms with van der Waals surface area (Å²) in [7, 11) is 0. The van der Waals surface area contributed by atoms with Gasteiger partial charge in [0.05, 0.1) is 18.7 Å². The maximum Gasteiger partial charge on any atom is 0.274 e. The Bertz CT molecular complexity index is 712. The molecule has 0 bridgehead atoms. The number of hydrogen-bond acceptors (Lipinski definition) is 5. The minimum Gasteiger partial charge on any atom is -0.494 e. The van der Waals surface area contributed by atoms with Crippen LogP contribution in [0, 0.1) is 5.92 Å². The Morgan fingerprint density at radius 2 is 2.00 bits per heavy atom. The Balaban J connectivity index is 1.50. The fourth-order valence-electron chi connectivity index (χ4n) is 2.43. The summed E-state index contributed by atoms with van der Waals surface area (Å²) >= 11 is 0. The second-order valence-electron chi connectivity index (χ2n) is 5.44. The highest BCUT2D eigenvalue weighted by atomic mass is 16.5. The second kappa shape index (κ2) is 7.08. The molecule has 3 rings (SSSR count). The summed E-state index contributed by atoms with van der Waals surface area (Å²) in [5, 5.41) is 2.85. The van der Waals surface area contributed by atoms with Gasteiger partial charge >= 0.3 is 0 Å². The normalized spacial score (nSPS) is 14.0. The van der Waals surface area contributed by atoms with Crippen molar-refractivity contribution in [3.05, 3.63) is 48.5 Å². The third-order valence-electron chi connectivity index (χ3n) is 3.75. The first-order chi connectivity index (χ1) is 11.7. The van der Waals surface area contributed by atoms with E-state index in [4.69, 9.17) is 4.74 Å². The van der Waals surface area contributed by atoms with E-state index in [9.17, 15) is 9.59 Å². The first-order valence-corrected chi connectivity index (χ1v) is 7.76. The van der Waals surface area contributed by atoms with Gasteiger partial charge in [0, 0.05) is 31.2 Å². The molecule has 1 saturated heterocycles. The summed E-state index contributed by atoms with van der Waals surface area (Å²) in [5.74, 6) is 0.257. The van der Waals surface area contributed by atoms with Crippen molar-refractivity contribution in [1.82, 2.24) is 14.9 Å². The van der Waals surface area contributed by atoms with Gasteiger partial charge in [-0.25, -0.2) is 4.98 Å². The number of nitrogens with zero attached hydrogens (tertiary/aromatic N) is 3. The lowest BCUT2D eigenvalue weighted by Crippen LogP contribution is -2.54. The van der Waals surface area contributed by atoms with Crippen molar-refractivity contribution in [2.45, 2.75) is 6.92 Å². The minimum atomic E-state index is -0.211. The summed E-state index contributed by atoms with van der Waals surface area (Å²) in [6.45, 7) is 3.29. The van der Waals surface area contributed by atoms with Crippen LogP contribution in [0.4, 0.5) is 5.69 Å². The molecule has 0 aliphatic carbocycles. The minimum absolute atomic E-state index is 0.0950. The van der Waals surface area contributed by atoms with Crippen LogP contribution in [-0.4, -0.2) is 46.4 Å². The molecule has 1 fully saturated rings. The molecule has 24 heavy (non-hydrogen) atoms. The van der Waals surface area contributed by atoms with Crippen LogP contribution in [0.3, 0.4) is 0 Å². The van der Waals surface area contributed by atoms with E-state index < -0.39 is 0 Å². The van der Waals surface area contributed by atoms with Crippen LogP contribution in [-0.2, 0) is 4.79 Å².